The number of halogens is 4. The Morgan fingerprint density at radius 2 is 1.80 bits per heavy atom. The maximum atomic E-state index is 12.2. The number of likely N-dealkylation sites (tertiary alicyclic amines) is 1. The van der Waals surface area contributed by atoms with E-state index in [1.165, 1.54) is 6.08 Å². The number of carbonyl (C=O) groups excluding carboxylic acids is 2. The predicted octanol–water partition coefficient (Wildman–Crippen LogP) is 3.38. The molecule has 0 radical (unpaired) electrons. The lowest BCUT2D eigenvalue weighted by Crippen LogP contribution is -2.43. The van der Waals surface area contributed by atoms with Crippen molar-refractivity contribution in [3.05, 3.63) is 40.4 Å². The van der Waals surface area contributed by atoms with Crippen LogP contribution in [0.4, 0.5) is 13.2 Å². The van der Waals surface area contributed by atoms with E-state index in [9.17, 15) is 22.8 Å². The second-order valence-corrected chi connectivity index (χ2v) is 6.78. The molecule has 1 aliphatic heterocycles. The van der Waals surface area contributed by atoms with Crippen molar-refractivity contribution in [3.8, 4) is 0 Å². The average Bonchev–Trinajstić information content (AvgIpc) is 2.58. The molecule has 1 aliphatic rings. The molecule has 4 nitrogen and oxygen atoms in total. The van der Waals surface area contributed by atoms with Gasteiger partial charge in [0.25, 0.3) is 0 Å². The zero-order valence-electron chi connectivity index (χ0n) is 13.4. The van der Waals surface area contributed by atoms with Gasteiger partial charge in [0.15, 0.2) is 0 Å². The monoisotopic (exact) mass is 418 g/mol. The van der Waals surface area contributed by atoms with Gasteiger partial charge in [-0.3, -0.25) is 9.59 Å². The number of nitrogens with one attached hydrogen (secondary N) is 1. The van der Waals surface area contributed by atoms with E-state index in [4.69, 9.17) is 0 Å². The first-order valence-corrected chi connectivity index (χ1v) is 8.62. The van der Waals surface area contributed by atoms with Crippen molar-refractivity contribution >= 4 is 33.8 Å². The summed E-state index contributed by atoms with van der Waals surface area (Å²) >= 11 is 3.34. The summed E-state index contributed by atoms with van der Waals surface area (Å²) in [5.74, 6) is -2.09. The molecule has 0 unspecified atom stereocenters. The van der Waals surface area contributed by atoms with Crippen LogP contribution < -0.4 is 5.32 Å². The topological polar surface area (TPSA) is 49.4 Å². The van der Waals surface area contributed by atoms with Gasteiger partial charge in [-0.1, -0.05) is 28.1 Å². The third kappa shape index (κ3) is 6.19. The zero-order chi connectivity index (χ0) is 18.4. The number of carbonyl (C=O) groups is 2. The summed E-state index contributed by atoms with van der Waals surface area (Å²) in [7, 11) is 0. The van der Waals surface area contributed by atoms with Crippen LogP contribution in [0.15, 0.2) is 34.8 Å². The van der Waals surface area contributed by atoms with Gasteiger partial charge in [0.2, 0.25) is 5.91 Å². The smallest absolute Gasteiger partial charge is 0.348 e. The van der Waals surface area contributed by atoms with Crippen LogP contribution in [0, 0.1) is 5.92 Å². The fourth-order valence-electron chi connectivity index (χ4n) is 2.54. The molecule has 136 valence electrons. The van der Waals surface area contributed by atoms with Gasteiger partial charge in [-0.15, -0.1) is 0 Å². The van der Waals surface area contributed by atoms with Gasteiger partial charge < -0.3 is 10.2 Å². The fourth-order valence-corrected chi connectivity index (χ4v) is 2.81. The number of benzene rings is 1. The van der Waals surface area contributed by atoms with Crippen LogP contribution in [-0.2, 0) is 9.59 Å². The van der Waals surface area contributed by atoms with Crippen molar-refractivity contribution in [3.63, 3.8) is 0 Å². The lowest BCUT2D eigenvalue weighted by atomic mass is 9.96. The number of hydrogen-bond donors (Lipinski definition) is 1. The maximum absolute atomic E-state index is 12.2. The minimum atomic E-state index is -4.85. The maximum Gasteiger partial charge on any atom is 0.471 e. The molecular formula is C17H18BrF3N2O2. The van der Waals surface area contributed by atoms with E-state index in [1.54, 1.807) is 11.0 Å². The molecule has 1 N–H and O–H groups in total. The van der Waals surface area contributed by atoms with Gasteiger partial charge in [0.05, 0.1) is 0 Å². The second-order valence-electron chi connectivity index (χ2n) is 5.86. The highest BCUT2D eigenvalue weighted by Gasteiger charge is 2.38. The normalized spacial score (nSPS) is 16.2. The minimum absolute atomic E-state index is 0.0187. The molecule has 25 heavy (non-hydrogen) atoms. The Morgan fingerprint density at radius 1 is 1.20 bits per heavy atom. The summed E-state index contributed by atoms with van der Waals surface area (Å²) in [6.07, 6.45) is -0.500. The van der Waals surface area contributed by atoms with E-state index in [0.29, 0.717) is 25.9 Å². The fraction of sp³-hybridized carbons (Fsp3) is 0.412. The van der Waals surface area contributed by atoms with Crippen LogP contribution in [0.2, 0.25) is 0 Å². The molecule has 0 bridgehead atoms. The SMILES string of the molecule is O=C(/C=C/c1ccc(Br)cc1)N1CCC(CNC(=O)C(F)(F)F)CC1. The highest BCUT2D eigenvalue weighted by Crippen LogP contribution is 2.19. The van der Waals surface area contributed by atoms with Crippen LogP contribution >= 0.6 is 15.9 Å². The molecule has 1 heterocycles. The summed E-state index contributed by atoms with van der Waals surface area (Å²) in [6, 6.07) is 7.52. The standard InChI is InChI=1S/C17H18BrF3N2O2/c18-14-4-1-12(2-5-14)3-6-15(24)23-9-7-13(8-10-23)11-22-16(25)17(19,20)21/h1-6,13H,7-11H2,(H,22,25)/b6-3+. The number of piperidine rings is 1. The lowest BCUT2D eigenvalue weighted by Gasteiger charge is -2.31. The van der Waals surface area contributed by atoms with Crippen LogP contribution in [0.25, 0.3) is 6.08 Å². The number of amides is 2. The van der Waals surface area contributed by atoms with E-state index in [2.05, 4.69) is 15.9 Å². The zero-order valence-corrected chi connectivity index (χ0v) is 14.9. The van der Waals surface area contributed by atoms with Crippen molar-refractivity contribution in [1.29, 1.82) is 0 Å². The van der Waals surface area contributed by atoms with Crippen molar-refractivity contribution in [2.45, 2.75) is 19.0 Å². The number of alkyl halides is 3. The van der Waals surface area contributed by atoms with Crippen LogP contribution in [0.5, 0.6) is 0 Å². The van der Waals surface area contributed by atoms with Gasteiger partial charge >= 0.3 is 12.1 Å². The van der Waals surface area contributed by atoms with Crippen molar-refractivity contribution < 1.29 is 22.8 Å². The van der Waals surface area contributed by atoms with E-state index in [1.807, 2.05) is 29.6 Å². The van der Waals surface area contributed by atoms with E-state index < -0.39 is 12.1 Å². The highest BCUT2D eigenvalue weighted by atomic mass is 79.9. The molecule has 8 heteroatoms. The summed E-state index contributed by atoms with van der Waals surface area (Å²) in [5.41, 5.74) is 0.904. The second kappa shape index (κ2) is 8.51. The van der Waals surface area contributed by atoms with Crippen LogP contribution in [-0.4, -0.2) is 42.5 Å². The Balaban J connectivity index is 1.76. The minimum Gasteiger partial charge on any atom is -0.348 e. The molecule has 0 spiro atoms. The molecule has 1 aromatic rings. The van der Waals surface area contributed by atoms with Crippen molar-refractivity contribution in [1.82, 2.24) is 10.2 Å². The Kier molecular flexibility index (Phi) is 6.64. The molecule has 2 rings (SSSR count). The molecule has 0 atom stereocenters. The molecule has 0 aromatic heterocycles. The van der Waals surface area contributed by atoms with Crippen LogP contribution in [0.3, 0.4) is 0 Å². The first-order chi connectivity index (χ1) is 11.8. The first-order valence-electron chi connectivity index (χ1n) is 7.83. The van der Waals surface area contributed by atoms with Gasteiger partial charge in [0.1, 0.15) is 0 Å². The molecule has 1 aromatic carbocycles. The predicted molar refractivity (Wildman–Crippen MR) is 91.5 cm³/mol. The van der Waals surface area contributed by atoms with Crippen LogP contribution in [0.1, 0.15) is 18.4 Å². The summed E-state index contributed by atoms with van der Waals surface area (Å²) in [4.78, 5) is 24.6. The van der Waals surface area contributed by atoms with Gasteiger partial charge in [-0.2, -0.15) is 13.2 Å². The molecule has 2 amide bonds. The molecule has 1 fully saturated rings. The first kappa shape index (κ1) is 19.5. The molecular weight excluding hydrogens is 401 g/mol. The Labute approximate surface area is 152 Å². The largest absolute Gasteiger partial charge is 0.471 e. The Morgan fingerprint density at radius 3 is 2.36 bits per heavy atom. The quantitative estimate of drug-likeness (QED) is 0.761. The molecule has 0 saturated carbocycles. The third-order valence-electron chi connectivity index (χ3n) is 4.02. The third-order valence-corrected chi connectivity index (χ3v) is 4.55. The number of nitrogens with zero attached hydrogens (tertiary/aromatic N) is 1. The Bertz CT molecular complexity index is 636. The van der Waals surface area contributed by atoms with Gasteiger partial charge in [0, 0.05) is 30.2 Å². The highest BCUT2D eigenvalue weighted by molar-refractivity contribution is 9.10. The van der Waals surface area contributed by atoms with Gasteiger partial charge in [-0.25, -0.2) is 0 Å². The number of rotatable bonds is 4. The summed E-state index contributed by atoms with van der Waals surface area (Å²) < 4.78 is 37.4. The van der Waals surface area contributed by atoms with Crippen molar-refractivity contribution in [2.75, 3.05) is 19.6 Å². The average molecular weight is 419 g/mol. The van der Waals surface area contributed by atoms with Gasteiger partial charge in [-0.05, 0) is 42.5 Å². The molecule has 1 saturated heterocycles. The van der Waals surface area contributed by atoms with Crippen molar-refractivity contribution in [2.24, 2.45) is 5.92 Å². The summed E-state index contributed by atoms with van der Waals surface area (Å²) in [6.45, 7) is 0.918. The van der Waals surface area contributed by atoms with E-state index >= 15 is 0 Å². The lowest BCUT2D eigenvalue weighted by molar-refractivity contribution is -0.173. The Hall–Kier alpha value is -1.83. The van der Waals surface area contributed by atoms with E-state index in [0.717, 1.165) is 10.0 Å². The molecule has 0 aliphatic carbocycles. The summed E-state index contributed by atoms with van der Waals surface area (Å²) in [5, 5.41) is 1.90. The number of hydrogen-bond acceptors (Lipinski definition) is 2. The van der Waals surface area contributed by atoms with E-state index in [-0.39, 0.29) is 18.4 Å².